The van der Waals surface area contributed by atoms with Crippen LogP contribution in [0.5, 0.6) is 5.75 Å². The molecule has 0 saturated heterocycles. The van der Waals surface area contributed by atoms with E-state index in [4.69, 9.17) is 16.3 Å². The fourth-order valence-electron chi connectivity index (χ4n) is 2.06. The zero-order valence-electron chi connectivity index (χ0n) is 11.1. The van der Waals surface area contributed by atoms with Crippen molar-refractivity contribution in [2.75, 3.05) is 7.11 Å². The second-order valence-corrected chi connectivity index (χ2v) is 5.08. The van der Waals surface area contributed by atoms with Gasteiger partial charge in [-0.3, -0.25) is 0 Å². The summed E-state index contributed by atoms with van der Waals surface area (Å²) in [5, 5.41) is 10.5. The molecule has 0 spiro atoms. The molecular weight excluding hydrogens is 279 g/mol. The van der Waals surface area contributed by atoms with E-state index in [-0.39, 0.29) is 12.2 Å². The minimum atomic E-state index is -0.656. The molecule has 0 heterocycles. The molecule has 1 atom stereocenters. The fourth-order valence-corrected chi connectivity index (χ4v) is 2.25. The van der Waals surface area contributed by atoms with Crippen LogP contribution in [0.15, 0.2) is 42.5 Å². The Morgan fingerprint density at radius 1 is 1.15 bits per heavy atom. The first kappa shape index (κ1) is 14.8. The summed E-state index contributed by atoms with van der Waals surface area (Å²) in [5.74, 6) is 0.423. The van der Waals surface area contributed by atoms with E-state index >= 15 is 0 Å². The van der Waals surface area contributed by atoms with E-state index < -0.39 is 6.10 Å². The lowest BCUT2D eigenvalue weighted by Crippen LogP contribution is -2.14. The number of hydrogen-bond donors (Lipinski definition) is 1. The maximum atomic E-state index is 13.6. The van der Waals surface area contributed by atoms with Crippen molar-refractivity contribution in [2.45, 2.75) is 18.9 Å². The van der Waals surface area contributed by atoms with Gasteiger partial charge in [0.1, 0.15) is 11.6 Å². The summed E-state index contributed by atoms with van der Waals surface area (Å²) in [5.41, 5.74) is 1.40. The van der Waals surface area contributed by atoms with Crippen molar-refractivity contribution < 1.29 is 14.2 Å². The van der Waals surface area contributed by atoms with Gasteiger partial charge in [0.25, 0.3) is 0 Å². The average Bonchev–Trinajstić information content (AvgIpc) is 2.43. The van der Waals surface area contributed by atoms with E-state index in [1.807, 2.05) is 24.3 Å². The van der Waals surface area contributed by atoms with Crippen molar-refractivity contribution in [3.63, 3.8) is 0 Å². The van der Waals surface area contributed by atoms with Crippen molar-refractivity contribution in [1.29, 1.82) is 0 Å². The quantitative estimate of drug-likeness (QED) is 0.912. The largest absolute Gasteiger partial charge is 0.497 e. The number of methoxy groups -OCH3 is 1. The first-order valence-electron chi connectivity index (χ1n) is 6.33. The van der Waals surface area contributed by atoms with Crippen LogP contribution in [0, 0.1) is 5.82 Å². The lowest BCUT2D eigenvalue weighted by molar-refractivity contribution is 0.174. The Morgan fingerprint density at radius 2 is 1.85 bits per heavy atom. The highest BCUT2D eigenvalue weighted by Crippen LogP contribution is 2.18. The van der Waals surface area contributed by atoms with Gasteiger partial charge in [0, 0.05) is 11.4 Å². The monoisotopic (exact) mass is 294 g/mol. The highest BCUT2D eigenvalue weighted by atomic mass is 35.5. The normalized spacial score (nSPS) is 12.2. The van der Waals surface area contributed by atoms with E-state index in [9.17, 15) is 9.50 Å². The molecule has 0 aliphatic rings. The van der Waals surface area contributed by atoms with E-state index in [0.29, 0.717) is 17.0 Å². The van der Waals surface area contributed by atoms with Crippen LogP contribution in [-0.4, -0.2) is 18.3 Å². The zero-order chi connectivity index (χ0) is 14.5. The van der Waals surface area contributed by atoms with Crippen molar-refractivity contribution in [1.82, 2.24) is 0 Å². The molecule has 1 N–H and O–H groups in total. The Balaban J connectivity index is 2.00. The maximum Gasteiger partial charge on any atom is 0.126 e. The molecule has 106 valence electrons. The fraction of sp³-hybridized carbons (Fsp3) is 0.250. The van der Waals surface area contributed by atoms with Gasteiger partial charge in [-0.1, -0.05) is 23.7 Å². The zero-order valence-corrected chi connectivity index (χ0v) is 11.9. The standard InChI is InChI=1S/C16H16ClFO2/c1-20-15-5-2-11(3-6-15)8-14(19)10-12-9-13(17)4-7-16(12)18/h2-7,9,14,19H,8,10H2,1H3. The second-order valence-electron chi connectivity index (χ2n) is 4.65. The summed E-state index contributed by atoms with van der Waals surface area (Å²) in [6, 6.07) is 11.8. The molecule has 2 aromatic carbocycles. The maximum absolute atomic E-state index is 13.6. The Kier molecular flexibility index (Phi) is 4.99. The molecule has 0 amide bonds. The van der Waals surface area contributed by atoms with Crippen molar-refractivity contribution in [2.24, 2.45) is 0 Å². The van der Waals surface area contributed by atoms with Gasteiger partial charge in [-0.25, -0.2) is 4.39 Å². The molecule has 4 heteroatoms. The third kappa shape index (κ3) is 3.95. The Hall–Kier alpha value is -1.58. The van der Waals surface area contributed by atoms with Crippen molar-refractivity contribution >= 4 is 11.6 Å². The number of aliphatic hydroxyl groups excluding tert-OH is 1. The average molecular weight is 295 g/mol. The number of ether oxygens (including phenoxy) is 1. The first-order chi connectivity index (χ1) is 9.58. The molecule has 0 saturated carbocycles. The van der Waals surface area contributed by atoms with Gasteiger partial charge in [0.2, 0.25) is 0 Å². The highest BCUT2D eigenvalue weighted by molar-refractivity contribution is 6.30. The smallest absolute Gasteiger partial charge is 0.126 e. The van der Waals surface area contributed by atoms with Gasteiger partial charge in [-0.2, -0.15) is 0 Å². The molecule has 0 fully saturated rings. The number of aliphatic hydroxyl groups is 1. The van der Waals surface area contributed by atoms with Gasteiger partial charge in [-0.15, -0.1) is 0 Å². The predicted octanol–water partition coefficient (Wildman–Crippen LogP) is 3.63. The second kappa shape index (κ2) is 6.73. The van der Waals surface area contributed by atoms with Gasteiger partial charge in [0.05, 0.1) is 13.2 Å². The highest BCUT2D eigenvalue weighted by Gasteiger charge is 2.11. The van der Waals surface area contributed by atoms with Crippen LogP contribution < -0.4 is 4.74 Å². The van der Waals surface area contributed by atoms with Crippen LogP contribution in [0.2, 0.25) is 5.02 Å². The van der Waals surface area contributed by atoms with E-state index in [1.54, 1.807) is 13.2 Å². The molecule has 0 bridgehead atoms. The van der Waals surface area contributed by atoms with Crippen LogP contribution in [0.4, 0.5) is 4.39 Å². The number of halogens is 2. The SMILES string of the molecule is COc1ccc(CC(O)Cc2cc(Cl)ccc2F)cc1. The Bertz CT molecular complexity index is 569. The Labute approximate surface area is 122 Å². The minimum Gasteiger partial charge on any atom is -0.497 e. The van der Waals surface area contributed by atoms with E-state index in [2.05, 4.69) is 0 Å². The molecule has 2 aromatic rings. The van der Waals surface area contributed by atoms with Crippen LogP contribution >= 0.6 is 11.6 Å². The molecule has 0 aliphatic carbocycles. The molecular formula is C16H16ClFO2. The molecule has 20 heavy (non-hydrogen) atoms. The topological polar surface area (TPSA) is 29.5 Å². The van der Waals surface area contributed by atoms with Crippen LogP contribution in [0.25, 0.3) is 0 Å². The van der Waals surface area contributed by atoms with E-state index in [0.717, 1.165) is 11.3 Å². The Morgan fingerprint density at radius 3 is 2.50 bits per heavy atom. The molecule has 2 rings (SSSR count). The third-order valence-electron chi connectivity index (χ3n) is 3.09. The van der Waals surface area contributed by atoms with Crippen LogP contribution in [-0.2, 0) is 12.8 Å². The number of rotatable bonds is 5. The lowest BCUT2D eigenvalue weighted by atomic mass is 10.0. The van der Waals surface area contributed by atoms with Gasteiger partial charge >= 0.3 is 0 Å². The minimum absolute atomic E-state index is 0.235. The first-order valence-corrected chi connectivity index (χ1v) is 6.71. The summed E-state index contributed by atoms with van der Waals surface area (Å²) in [6.45, 7) is 0. The summed E-state index contributed by atoms with van der Waals surface area (Å²) >= 11 is 5.83. The van der Waals surface area contributed by atoms with Crippen molar-refractivity contribution in [3.8, 4) is 5.75 Å². The molecule has 0 aliphatic heterocycles. The summed E-state index contributed by atoms with van der Waals surface area (Å²) in [6.07, 6.45) is 0.0327. The molecule has 1 unspecified atom stereocenters. The van der Waals surface area contributed by atoms with Crippen LogP contribution in [0.1, 0.15) is 11.1 Å². The van der Waals surface area contributed by atoms with Crippen molar-refractivity contribution in [3.05, 3.63) is 64.4 Å². The van der Waals surface area contributed by atoms with Crippen LogP contribution in [0.3, 0.4) is 0 Å². The summed E-state index contributed by atoms with van der Waals surface area (Å²) < 4.78 is 18.7. The van der Waals surface area contributed by atoms with Gasteiger partial charge in [-0.05, 0) is 47.9 Å². The molecule has 2 nitrogen and oxygen atoms in total. The van der Waals surface area contributed by atoms with Gasteiger partial charge < -0.3 is 9.84 Å². The number of benzene rings is 2. The van der Waals surface area contributed by atoms with Gasteiger partial charge in [0.15, 0.2) is 0 Å². The lowest BCUT2D eigenvalue weighted by Gasteiger charge is -2.12. The summed E-state index contributed by atoms with van der Waals surface area (Å²) in [7, 11) is 1.60. The number of hydrogen-bond acceptors (Lipinski definition) is 2. The molecule has 0 radical (unpaired) electrons. The summed E-state index contributed by atoms with van der Waals surface area (Å²) in [4.78, 5) is 0. The molecule has 0 aromatic heterocycles. The third-order valence-corrected chi connectivity index (χ3v) is 3.33. The predicted molar refractivity (Wildman–Crippen MR) is 77.8 cm³/mol. The van der Waals surface area contributed by atoms with E-state index in [1.165, 1.54) is 12.1 Å².